The monoisotopic (exact) mass is 354 g/mol. The molecule has 0 aliphatic carbocycles. The molecular formula is C15H19BrN2OS. The lowest BCUT2D eigenvalue weighted by molar-refractivity contribution is 0.243. The third-order valence-corrected chi connectivity index (χ3v) is 4.78. The van der Waals surface area contributed by atoms with E-state index >= 15 is 0 Å². The number of rotatable bonds is 6. The molecule has 2 N–H and O–H groups in total. The number of benzene rings is 1. The third kappa shape index (κ3) is 3.61. The predicted octanol–water partition coefficient (Wildman–Crippen LogP) is 3.65. The number of nitrogens with zero attached hydrogens (tertiary/aromatic N) is 1. The highest BCUT2D eigenvalue weighted by Crippen LogP contribution is 2.30. The van der Waals surface area contributed by atoms with E-state index in [9.17, 15) is 0 Å². The Hall–Kier alpha value is -0.880. The molecule has 0 bridgehead atoms. The Bertz CT molecular complexity index is 545. The van der Waals surface area contributed by atoms with E-state index in [4.69, 9.17) is 10.5 Å². The molecule has 2 aromatic rings. The Labute approximate surface area is 132 Å². The maximum Gasteiger partial charge on any atom is 0.133 e. The van der Waals surface area contributed by atoms with Crippen molar-refractivity contribution in [2.45, 2.75) is 12.6 Å². The van der Waals surface area contributed by atoms with Crippen molar-refractivity contribution in [1.82, 2.24) is 4.90 Å². The van der Waals surface area contributed by atoms with Crippen molar-refractivity contribution in [1.29, 1.82) is 0 Å². The van der Waals surface area contributed by atoms with Crippen LogP contribution in [0.3, 0.4) is 0 Å². The van der Waals surface area contributed by atoms with Crippen molar-refractivity contribution < 1.29 is 4.74 Å². The zero-order chi connectivity index (χ0) is 14.5. The molecule has 108 valence electrons. The highest BCUT2D eigenvalue weighted by atomic mass is 79.9. The predicted molar refractivity (Wildman–Crippen MR) is 88.3 cm³/mol. The fourth-order valence-corrected chi connectivity index (χ4v) is 3.54. The van der Waals surface area contributed by atoms with Gasteiger partial charge in [-0.3, -0.25) is 4.90 Å². The second-order valence-corrected chi connectivity index (χ2v) is 6.53. The lowest BCUT2D eigenvalue weighted by Crippen LogP contribution is -2.29. The molecule has 0 fully saturated rings. The Balaban J connectivity index is 2.16. The number of ether oxygens (including phenoxy) is 1. The van der Waals surface area contributed by atoms with E-state index in [2.05, 4.69) is 57.5 Å². The zero-order valence-corrected chi connectivity index (χ0v) is 14.1. The second kappa shape index (κ2) is 7.22. The molecule has 1 aromatic heterocycles. The summed E-state index contributed by atoms with van der Waals surface area (Å²) < 4.78 is 6.23. The minimum Gasteiger partial charge on any atom is -0.496 e. The summed E-state index contributed by atoms with van der Waals surface area (Å²) >= 11 is 5.30. The van der Waals surface area contributed by atoms with E-state index in [0.29, 0.717) is 6.54 Å². The van der Waals surface area contributed by atoms with Crippen molar-refractivity contribution in [2.24, 2.45) is 5.73 Å². The van der Waals surface area contributed by atoms with Gasteiger partial charge in [0, 0.05) is 24.0 Å². The standard InChI is InChI=1S/C15H19BrN2OS/c1-18(10-12-4-3-7-20-12)14(9-17)11-5-6-15(19-2)13(16)8-11/h3-8,14H,9-10,17H2,1-2H3. The molecule has 1 aromatic carbocycles. The van der Waals surface area contributed by atoms with Crippen LogP contribution < -0.4 is 10.5 Å². The lowest BCUT2D eigenvalue weighted by atomic mass is 10.1. The van der Waals surface area contributed by atoms with E-state index in [1.807, 2.05) is 6.07 Å². The van der Waals surface area contributed by atoms with Crippen LogP contribution in [0.25, 0.3) is 0 Å². The van der Waals surface area contributed by atoms with Crippen LogP contribution in [0.2, 0.25) is 0 Å². The quantitative estimate of drug-likeness (QED) is 0.860. The largest absolute Gasteiger partial charge is 0.496 e. The van der Waals surface area contributed by atoms with Gasteiger partial charge in [-0.2, -0.15) is 0 Å². The molecule has 2 rings (SSSR count). The average Bonchev–Trinajstić information content (AvgIpc) is 2.92. The molecule has 0 saturated heterocycles. The van der Waals surface area contributed by atoms with Crippen molar-refractivity contribution >= 4 is 27.3 Å². The molecule has 1 heterocycles. The summed E-state index contributed by atoms with van der Waals surface area (Å²) in [7, 11) is 3.78. The molecule has 3 nitrogen and oxygen atoms in total. The van der Waals surface area contributed by atoms with Gasteiger partial charge in [0.15, 0.2) is 0 Å². The number of methoxy groups -OCH3 is 1. The first-order valence-electron chi connectivity index (χ1n) is 6.41. The highest BCUT2D eigenvalue weighted by Gasteiger charge is 2.17. The Morgan fingerprint density at radius 3 is 2.75 bits per heavy atom. The Morgan fingerprint density at radius 1 is 1.40 bits per heavy atom. The summed E-state index contributed by atoms with van der Waals surface area (Å²) in [5.41, 5.74) is 7.16. The molecule has 0 aliphatic rings. The van der Waals surface area contributed by atoms with Crippen LogP contribution in [0.15, 0.2) is 40.2 Å². The number of hydrogen-bond acceptors (Lipinski definition) is 4. The van der Waals surface area contributed by atoms with Gasteiger partial charge < -0.3 is 10.5 Å². The molecule has 0 amide bonds. The fourth-order valence-electron chi connectivity index (χ4n) is 2.22. The van der Waals surface area contributed by atoms with Crippen LogP contribution in [0.5, 0.6) is 5.75 Å². The summed E-state index contributed by atoms with van der Waals surface area (Å²) in [6.45, 7) is 1.49. The average molecular weight is 355 g/mol. The molecule has 0 saturated carbocycles. The number of thiophene rings is 1. The summed E-state index contributed by atoms with van der Waals surface area (Å²) in [6.07, 6.45) is 0. The molecule has 1 atom stereocenters. The van der Waals surface area contributed by atoms with Gasteiger partial charge in [0.1, 0.15) is 5.75 Å². The highest BCUT2D eigenvalue weighted by molar-refractivity contribution is 9.10. The van der Waals surface area contributed by atoms with Gasteiger partial charge in [-0.25, -0.2) is 0 Å². The van der Waals surface area contributed by atoms with Crippen molar-refractivity contribution in [3.05, 3.63) is 50.6 Å². The van der Waals surface area contributed by atoms with Crippen molar-refractivity contribution in [3.63, 3.8) is 0 Å². The molecule has 5 heteroatoms. The minimum atomic E-state index is 0.194. The summed E-state index contributed by atoms with van der Waals surface area (Å²) in [5, 5.41) is 2.10. The van der Waals surface area contributed by atoms with Crippen LogP contribution in [0.1, 0.15) is 16.5 Å². The lowest BCUT2D eigenvalue weighted by Gasteiger charge is -2.27. The Kier molecular flexibility index (Phi) is 5.60. The molecule has 0 radical (unpaired) electrons. The molecule has 20 heavy (non-hydrogen) atoms. The smallest absolute Gasteiger partial charge is 0.133 e. The SMILES string of the molecule is COc1ccc(C(CN)N(C)Cc2cccs2)cc1Br. The number of hydrogen-bond donors (Lipinski definition) is 1. The van der Waals surface area contributed by atoms with E-state index in [-0.39, 0.29) is 6.04 Å². The van der Waals surface area contributed by atoms with Gasteiger partial charge in [0.05, 0.1) is 11.6 Å². The van der Waals surface area contributed by atoms with Gasteiger partial charge in [-0.1, -0.05) is 12.1 Å². The Morgan fingerprint density at radius 2 is 2.20 bits per heavy atom. The van der Waals surface area contributed by atoms with Crippen molar-refractivity contribution in [3.8, 4) is 5.75 Å². The zero-order valence-electron chi connectivity index (χ0n) is 11.7. The summed E-state index contributed by atoms with van der Waals surface area (Å²) in [5.74, 6) is 0.838. The summed E-state index contributed by atoms with van der Waals surface area (Å²) in [4.78, 5) is 3.62. The van der Waals surface area contributed by atoms with Gasteiger partial charge in [-0.05, 0) is 52.1 Å². The number of nitrogens with two attached hydrogens (primary N) is 1. The number of likely N-dealkylation sites (N-methyl/N-ethyl adjacent to an activating group) is 1. The summed E-state index contributed by atoms with van der Waals surface area (Å²) in [6, 6.07) is 10.6. The first-order chi connectivity index (χ1) is 9.65. The van der Waals surface area contributed by atoms with Gasteiger partial charge in [-0.15, -0.1) is 11.3 Å². The third-order valence-electron chi connectivity index (χ3n) is 3.30. The normalized spacial score (nSPS) is 12.7. The molecule has 0 aliphatic heterocycles. The topological polar surface area (TPSA) is 38.5 Å². The second-order valence-electron chi connectivity index (χ2n) is 4.64. The van der Waals surface area contributed by atoms with E-state index in [1.165, 1.54) is 10.4 Å². The van der Waals surface area contributed by atoms with Crippen LogP contribution >= 0.6 is 27.3 Å². The molecular weight excluding hydrogens is 336 g/mol. The van der Waals surface area contributed by atoms with Crippen LogP contribution in [0.4, 0.5) is 0 Å². The maximum atomic E-state index is 5.97. The van der Waals surface area contributed by atoms with E-state index in [1.54, 1.807) is 18.4 Å². The minimum absolute atomic E-state index is 0.194. The first-order valence-corrected chi connectivity index (χ1v) is 8.09. The molecule has 1 unspecified atom stereocenters. The van der Waals surface area contributed by atoms with Gasteiger partial charge >= 0.3 is 0 Å². The first kappa shape index (κ1) is 15.5. The van der Waals surface area contributed by atoms with Crippen LogP contribution in [-0.2, 0) is 6.54 Å². The van der Waals surface area contributed by atoms with Crippen LogP contribution in [0, 0.1) is 0 Å². The van der Waals surface area contributed by atoms with Crippen molar-refractivity contribution in [2.75, 3.05) is 20.7 Å². The van der Waals surface area contributed by atoms with Crippen LogP contribution in [-0.4, -0.2) is 25.6 Å². The van der Waals surface area contributed by atoms with Gasteiger partial charge in [0.25, 0.3) is 0 Å². The number of halogens is 1. The molecule has 0 spiro atoms. The maximum absolute atomic E-state index is 5.97. The van der Waals surface area contributed by atoms with E-state index in [0.717, 1.165) is 16.8 Å². The van der Waals surface area contributed by atoms with E-state index < -0.39 is 0 Å². The van der Waals surface area contributed by atoms with Gasteiger partial charge in [0.2, 0.25) is 0 Å². The fraction of sp³-hybridized carbons (Fsp3) is 0.333.